The molecule has 0 saturated heterocycles. The summed E-state index contributed by atoms with van der Waals surface area (Å²) in [5.41, 5.74) is 9.29. The number of hydrogen-bond donors (Lipinski definition) is 5. The van der Waals surface area contributed by atoms with Gasteiger partial charge in [0.15, 0.2) is 11.6 Å². The maximum Gasteiger partial charge on any atom is 0.263 e. The molecule has 0 aromatic heterocycles. The molecule has 0 atom stereocenters. The van der Waals surface area contributed by atoms with Crippen molar-refractivity contribution in [3.63, 3.8) is 0 Å². The number of anilines is 6. The summed E-state index contributed by atoms with van der Waals surface area (Å²) in [4.78, 5) is 31.3. The molecule has 0 bridgehead atoms. The maximum atomic E-state index is 13.6. The Kier molecular flexibility index (Phi) is 16.3. The summed E-state index contributed by atoms with van der Waals surface area (Å²) in [6, 6.07) is 58.8. The van der Waals surface area contributed by atoms with Gasteiger partial charge in [-0.15, -0.1) is 0 Å². The zero-order chi connectivity index (χ0) is 51.3. The third-order valence-corrected chi connectivity index (χ3v) is 11.5. The van der Waals surface area contributed by atoms with Crippen LogP contribution in [0.4, 0.5) is 42.9 Å². The van der Waals surface area contributed by atoms with Crippen LogP contribution < -0.4 is 14.7 Å². The molecule has 10 nitrogen and oxygen atoms in total. The molecule has 0 aliphatic carbocycles. The van der Waals surface area contributed by atoms with Crippen molar-refractivity contribution in [1.82, 2.24) is 0 Å². The van der Waals surface area contributed by atoms with Crippen LogP contribution in [-0.2, 0) is 6.54 Å². The summed E-state index contributed by atoms with van der Waals surface area (Å²) in [5.74, 6) is -1.68. The van der Waals surface area contributed by atoms with Gasteiger partial charge in [0.2, 0.25) is 0 Å². The number of aryl methyl sites for hydroxylation is 2. The van der Waals surface area contributed by atoms with E-state index in [1.807, 2.05) is 44.2 Å². The highest BCUT2D eigenvalue weighted by molar-refractivity contribution is 6.12. The molecule has 5 N–H and O–H groups in total. The summed E-state index contributed by atoms with van der Waals surface area (Å²) >= 11 is 0. The molecular formula is C60H51F2N3O7. The van der Waals surface area contributed by atoms with Gasteiger partial charge >= 0.3 is 0 Å². The first-order valence-corrected chi connectivity index (χ1v) is 22.7. The number of aromatic hydroxyl groups is 5. The van der Waals surface area contributed by atoms with Crippen LogP contribution in [0.15, 0.2) is 212 Å². The number of carbonyl (C=O) groups excluding carboxylic acids is 2. The monoisotopic (exact) mass is 963 g/mol. The topological polar surface area (TPSA) is 145 Å². The molecule has 362 valence electrons. The van der Waals surface area contributed by atoms with Gasteiger partial charge in [0.05, 0.1) is 0 Å². The van der Waals surface area contributed by atoms with E-state index in [-0.39, 0.29) is 40.3 Å². The van der Waals surface area contributed by atoms with E-state index in [0.29, 0.717) is 34.9 Å². The Balaban J connectivity index is 0.000000159. The lowest BCUT2D eigenvalue weighted by atomic mass is 10.0. The molecule has 9 aromatic rings. The fourth-order valence-corrected chi connectivity index (χ4v) is 7.48. The van der Waals surface area contributed by atoms with Gasteiger partial charge in [0, 0.05) is 51.8 Å². The smallest absolute Gasteiger partial charge is 0.263 e. The lowest BCUT2D eigenvalue weighted by molar-refractivity contribution is 0.0990. The van der Waals surface area contributed by atoms with Crippen LogP contribution in [-0.4, -0.2) is 37.3 Å². The van der Waals surface area contributed by atoms with Crippen LogP contribution in [0.1, 0.15) is 43.0 Å². The molecular weight excluding hydrogens is 913 g/mol. The number of rotatable bonds is 10. The quantitative estimate of drug-likeness (QED) is 0.0911. The fraction of sp³-hybridized carbons (Fsp3) is 0.0667. The molecule has 9 aromatic carbocycles. The predicted molar refractivity (Wildman–Crippen MR) is 279 cm³/mol. The first-order chi connectivity index (χ1) is 34.6. The fourth-order valence-electron chi connectivity index (χ4n) is 7.48. The number of benzene rings is 9. The van der Waals surface area contributed by atoms with Crippen molar-refractivity contribution < 1.29 is 43.9 Å². The van der Waals surface area contributed by atoms with Crippen molar-refractivity contribution in [3.05, 3.63) is 257 Å². The maximum absolute atomic E-state index is 13.6. The zero-order valence-corrected chi connectivity index (χ0v) is 39.6. The minimum absolute atomic E-state index is 0.0786. The normalized spacial score (nSPS) is 10.5. The van der Waals surface area contributed by atoms with Crippen LogP contribution in [0.5, 0.6) is 28.7 Å². The van der Waals surface area contributed by atoms with Crippen LogP contribution in [0, 0.1) is 32.4 Å². The number of halogens is 2. The number of phenolic OH excluding ortho intramolecular Hbond substituents is 5. The van der Waals surface area contributed by atoms with Crippen molar-refractivity contribution in [2.24, 2.45) is 0 Å². The van der Waals surface area contributed by atoms with Gasteiger partial charge in [-0.05, 0) is 195 Å². The molecule has 0 spiro atoms. The summed E-state index contributed by atoms with van der Waals surface area (Å²) in [6.45, 7) is 6.62. The number of para-hydroxylation sites is 1. The second-order valence-electron chi connectivity index (χ2n) is 16.6. The van der Waals surface area contributed by atoms with E-state index < -0.39 is 17.5 Å². The molecule has 0 aliphatic rings. The SMILES string of the molecule is Cc1ccc(CN(c2ccc(O)cc2)c2ccc(F)cc2)cc1.Cc1cccc(C(=O)N(c2ccc(O)cc2)c2ccc(O)cc2)c1C.O=C(c1ccc(O)c(F)c1)N(c1ccccc1)c1ccc(O)cc1. The first-order valence-electron chi connectivity index (χ1n) is 22.7. The Bertz CT molecular complexity index is 3140. The third kappa shape index (κ3) is 12.8. The second kappa shape index (κ2) is 23.3. The van der Waals surface area contributed by atoms with Gasteiger partial charge in [-0.2, -0.15) is 0 Å². The van der Waals surface area contributed by atoms with Crippen LogP contribution >= 0.6 is 0 Å². The summed E-state index contributed by atoms with van der Waals surface area (Å²) < 4.78 is 26.8. The predicted octanol–water partition coefficient (Wildman–Crippen LogP) is 14.1. The first kappa shape index (κ1) is 50.5. The minimum Gasteiger partial charge on any atom is -0.508 e. The largest absolute Gasteiger partial charge is 0.508 e. The highest BCUT2D eigenvalue weighted by Gasteiger charge is 2.23. The molecule has 0 saturated carbocycles. The number of amides is 2. The van der Waals surface area contributed by atoms with Gasteiger partial charge in [0.1, 0.15) is 28.8 Å². The van der Waals surface area contributed by atoms with Crippen LogP contribution in [0.25, 0.3) is 0 Å². The highest BCUT2D eigenvalue weighted by atomic mass is 19.1. The molecule has 0 heterocycles. The average molecular weight is 964 g/mol. The standard InChI is InChI=1S/C21H19NO3.C20H18FNO.C19H14FNO3/c1-14-4-3-5-20(15(14)2)21(25)22(16-6-10-18(23)11-7-16)17-8-12-19(24)13-9-17;1-15-2-4-16(5-3-15)14-22(18-8-6-17(21)7-9-18)19-10-12-20(23)13-11-19;20-17-12-13(6-11-18(17)23)19(24)21(14-4-2-1-3-5-14)15-7-9-16(22)10-8-15/h3-13,23-24H,1-2H3;2-13,23H,14H2,1H3;1-12,22-23H. The van der Waals surface area contributed by atoms with E-state index in [1.165, 1.54) is 40.8 Å². The lowest BCUT2D eigenvalue weighted by Crippen LogP contribution is -2.26. The average Bonchev–Trinajstić information content (AvgIpc) is 3.38. The van der Waals surface area contributed by atoms with Gasteiger partial charge < -0.3 is 30.4 Å². The van der Waals surface area contributed by atoms with E-state index in [0.717, 1.165) is 40.2 Å². The molecule has 0 unspecified atom stereocenters. The molecule has 2 amide bonds. The molecule has 0 aliphatic heterocycles. The Labute approximate surface area is 416 Å². The number of nitrogens with zero attached hydrogens (tertiary/aromatic N) is 3. The molecule has 0 fully saturated rings. The summed E-state index contributed by atoms with van der Waals surface area (Å²) in [6.07, 6.45) is 0. The summed E-state index contributed by atoms with van der Waals surface area (Å²) in [7, 11) is 0. The Morgan fingerprint density at radius 1 is 0.431 bits per heavy atom. The van der Waals surface area contributed by atoms with Crippen LogP contribution in [0.2, 0.25) is 0 Å². The van der Waals surface area contributed by atoms with Crippen molar-refractivity contribution >= 4 is 45.9 Å². The minimum atomic E-state index is -0.862. The van der Waals surface area contributed by atoms with Crippen molar-refractivity contribution in [1.29, 1.82) is 0 Å². The van der Waals surface area contributed by atoms with E-state index in [9.17, 15) is 43.9 Å². The third-order valence-electron chi connectivity index (χ3n) is 11.5. The van der Waals surface area contributed by atoms with E-state index in [1.54, 1.807) is 120 Å². The van der Waals surface area contributed by atoms with Crippen molar-refractivity contribution in [2.75, 3.05) is 14.7 Å². The number of carbonyl (C=O) groups is 2. The van der Waals surface area contributed by atoms with Crippen LogP contribution in [0.3, 0.4) is 0 Å². The molecule has 0 radical (unpaired) electrons. The van der Waals surface area contributed by atoms with E-state index in [2.05, 4.69) is 36.1 Å². The number of phenols is 5. The lowest BCUT2D eigenvalue weighted by Gasteiger charge is -2.25. The second-order valence-corrected chi connectivity index (χ2v) is 16.6. The van der Waals surface area contributed by atoms with Gasteiger partial charge in [-0.25, -0.2) is 8.78 Å². The van der Waals surface area contributed by atoms with Crippen molar-refractivity contribution in [3.8, 4) is 28.7 Å². The molecule has 12 heteroatoms. The van der Waals surface area contributed by atoms with Crippen molar-refractivity contribution in [2.45, 2.75) is 27.3 Å². The molecule has 9 rings (SSSR count). The van der Waals surface area contributed by atoms with Gasteiger partial charge in [-0.3, -0.25) is 19.4 Å². The Morgan fingerprint density at radius 3 is 1.33 bits per heavy atom. The molecule has 72 heavy (non-hydrogen) atoms. The Morgan fingerprint density at radius 2 is 0.861 bits per heavy atom. The zero-order valence-electron chi connectivity index (χ0n) is 39.6. The Hall–Kier alpha value is -9.42. The van der Waals surface area contributed by atoms with Gasteiger partial charge in [-0.1, -0.05) is 60.2 Å². The van der Waals surface area contributed by atoms with E-state index >= 15 is 0 Å². The van der Waals surface area contributed by atoms with Gasteiger partial charge in [0.25, 0.3) is 11.8 Å². The highest BCUT2D eigenvalue weighted by Crippen LogP contribution is 2.33. The summed E-state index contributed by atoms with van der Waals surface area (Å²) in [5, 5.41) is 47.3. The number of hydrogen-bond acceptors (Lipinski definition) is 8. The van der Waals surface area contributed by atoms with E-state index in [4.69, 9.17) is 0 Å².